The molecule has 2 aromatic heterocycles. The molecule has 4 heterocycles. The van der Waals surface area contributed by atoms with E-state index in [0.29, 0.717) is 28.8 Å². The number of fused-ring (bicyclic) bond motifs is 2. The summed E-state index contributed by atoms with van der Waals surface area (Å²) in [7, 11) is 0. The van der Waals surface area contributed by atoms with Gasteiger partial charge in [-0.15, -0.1) is 0 Å². The third-order valence-electron chi connectivity index (χ3n) is 8.72. The van der Waals surface area contributed by atoms with E-state index in [1.165, 1.54) is 17.2 Å². The number of pyridine rings is 1. The Balaban J connectivity index is 1.46. The molecule has 2 saturated heterocycles. The fraction of sp³-hybridized carbons (Fsp3) is 0.364. The quantitative estimate of drug-likeness (QED) is 0.170. The van der Waals surface area contributed by atoms with Crippen molar-refractivity contribution in [2.24, 2.45) is 0 Å². The lowest BCUT2D eigenvalue weighted by atomic mass is 10.0. The van der Waals surface area contributed by atoms with Gasteiger partial charge in [0.1, 0.15) is 35.5 Å². The molecule has 2 aliphatic rings. The van der Waals surface area contributed by atoms with Crippen LogP contribution in [0.2, 0.25) is 5.02 Å². The highest BCUT2D eigenvalue weighted by molar-refractivity contribution is 6.36. The zero-order valence-electron chi connectivity index (χ0n) is 25.1. The number of amides is 1. The highest BCUT2D eigenvalue weighted by Crippen LogP contribution is 2.38. The molecule has 238 valence electrons. The van der Waals surface area contributed by atoms with Gasteiger partial charge in [-0.25, -0.2) is 19.7 Å². The van der Waals surface area contributed by atoms with Gasteiger partial charge in [0.15, 0.2) is 11.6 Å². The van der Waals surface area contributed by atoms with E-state index in [1.54, 1.807) is 29.2 Å². The number of nitrogens with zero attached hydrogens (tertiary/aromatic N) is 7. The average Bonchev–Trinajstić information content (AvgIpc) is 3.53. The minimum Gasteiger partial charge on any atom is -0.462 e. The number of halogens is 4. The number of benzene rings is 2. The van der Waals surface area contributed by atoms with Crippen LogP contribution in [0.4, 0.5) is 19.0 Å². The van der Waals surface area contributed by atoms with E-state index in [-0.39, 0.29) is 59.9 Å². The number of ether oxygens (including phenoxy) is 1. The molecule has 6 rings (SSSR count). The summed E-state index contributed by atoms with van der Waals surface area (Å²) in [6.45, 7) is 15.1. The fourth-order valence-electron chi connectivity index (χ4n) is 6.43. The molecule has 0 unspecified atom stereocenters. The first-order valence-corrected chi connectivity index (χ1v) is 15.4. The summed E-state index contributed by atoms with van der Waals surface area (Å²) in [5.41, 5.74) is 0.159. The van der Waals surface area contributed by atoms with Gasteiger partial charge in [0.25, 0.3) is 5.91 Å². The standard InChI is InChI=1S/C33H31ClF3N7O2/c1-4-42-12-6-8-21(42)18-46-33-40-30-24(31(41-33)43-13-14-44(32(45)19(2)35)22(17-43)15-38-3)16-39-29(28(30)37)23-9-5-7-20-10-11-25(36)27(34)26(20)23/h5,7,9-11,16,21-22H,2,4,6,8,12-15,17-18H2,1H3/t21-,22-/m0/s1. The lowest BCUT2D eigenvalue weighted by Gasteiger charge is -2.39. The van der Waals surface area contributed by atoms with Gasteiger partial charge in [-0.1, -0.05) is 49.4 Å². The zero-order valence-corrected chi connectivity index (χ0v) is 25.9. The monoisotopic (exact) mass is 649 g/mol. The third-order valence-corrected chi connectivity index (χ3v) is 9.09. The van der Waals surface area contributed by atoms with Gasteiger partial charge in [-0.2, -0.15) is 9.97 Å². The van der Waals surface area contributed by atoms with Crippen LogP contribution in [0.25, 0.3) is 37.8 Å². The minimum absolute atomic E-state index is 0.0409. The van der Waals surface area contributed by atoms with Crippen molar-refractivity contribution < 1.29 is 22.7 Å². The van der Waals surface area contributed by atoms with Crippen molar-refractivity contribution in [3.05, 3.63) is 77.0 Å². The Kier molecular flexibility index (Phi) is 8.97. The van der Waals surface area contributed by atoms with Crippen LogP contribution in [0.1, 0.15) is 19.8 Å². The van der Waals surface area contributed by atoms with E-state index in [4.69, 9.17) is 22.9 Å². The van der Waals surface area contributed by atoms with Crippen molar-refractivity contribution in [1.82, 2.24) is 24.8 Å². The molecular weight excluding hydrogens is 619 g/mol. The summed E-state index contributed by atoms with van der Waals surface area (Å²) in [5.74, 6) is -3.08. The predicted molar refractivity (Wildman–Crippen MR) is 170 cm³/mol. The Labute approximate surface area is 269 Å². The molecule has 0 saturated carbocycles. The van der Waals surface area contributed by atoms with E-state index >= 15 is 4.39 Å². The van der Waals surface area contributed by atoms with Crippen LogP contribution >= 0.6 is 11.6 Å². The SMILES string of the molecule is [C-]#[N+]C[C@H]1CN(c2nc(OC[C@@H]3CCCN3CC)nc3c(F)c(-c4cccc5ccc(F)c(Cl)c45)ncc23)CCN1C(=O)C(=C)F. The summed E-state index contributed by atoms with van der Waals surface area (Å²) in [4.78, 5) is 35.0. The molecule has 2 fully saturated rings. The second-order valence-electron chi connectivity index (χ2n) is 11.4. The smallest absolute Gasteiger partial charge is 0.319 e. The molecule has 9 nitrogen and oxygen atoms in total. The first-order chi connectivity index (χ1) is 22.2. The molecule has 2 aliphatic heterocycles. The van der Waals surface area contributed by atoms with E-state index in [1.807, 2.05) is 0 Å². The number of piperazine rings is 1. The molecule has 0 N–H and O–H groups in total. The highest BCUT2D eigenvalue weighted by Gasteiger charge is 2.35. The third kappa shape index (κ3) is 5.81. The largest absolute Gasteiger partial charge is 0.462 e. The van der Waals surface area contributed by atoms with Gasteiger partial charge in [0, 0.05) is 42.8 Å². The molecule has 4 aromatic rings. The maximum Gasteiger partial charge on any atom is 0.319 e. The zero-order chi connectivity index (χ0) is 32.5. The van der Waals surface area contributed by atoms with Crippen LogP contribution in [-0.4, -0.2) is 88.6 Å². The highest BCUT2D eigenvalue weighted by atomic mass is 35.5. The second-order valence-corrected chi connectivity index (χ2v) is 11.7. The molecule has 0 spiro atoms. The second kappa shape index (κ2) is 13.1. The van der Waals surface area contributed by atoms with Gasteiger partial charge in [-0.3, -0.25) is 14.7 Å². The van der Waals surface area contributed by atoms with Crippen molar-refractivity contribution >= 4 is 45.0 Å². The maximum absolute atomic E-state index is 16.6. The fourth-order valence-corrected chi connectivity index (χ4v) is 6.70. The molecule has 0 bridgehead atoms. The Bertz CT molecular complexity index is 1880. The van der Waals surface area contributed by atoms with Gasteiger partial charge in [0.2, 0.25) is 6.54 Å². The van der Waals surface area contributed by atoms with Crippen LogP contribution in [0.3, 0.4) is 0 Å². The molecule has 46 heavy (non-hydrogen) atoms. The molecule has 0 radical (unpaired) electrons. The molecule has 13 heteroatoms. The van der Waals surface area contributed by atoms with Gasteiger partial charge in [0.05, 0.1) is 10.4 Å². The number of likely N-dealkylation sites (tertiary alicyclic amines) is 1. The lowest BCUT2D eigenvalue weighted by molar-refractivity contribution is -0.131. The van der Waals surface area contributed by atoms with E-state index in [9.17, 15) is 13.6 Å². The Morgan fingerprint density at radius 3 is 2.76 bits per heavy atom. The van der Waals surface area contributed by atoms with Crippen molar-refractivity contribution in [3.63, 3.8) is 0 Å². The van der Waals surface area contributed by atoms with E-state index in [2.05, 4.69) is 38.2 Å². The van der Waals surface area contributed by atoms with Gasteiger partial charge in [-0.05, 0) is 37.4 Å². The molecular formula is C33H31ClF3N7O2. The van der Waals surface area contributed by atoms with Crippen LogP contribution in [-0.2, 0) is 4.79 Å². The number of hydrogen-bond acceptors (Lipinski definition) is 7. The molecule has 0 aliphatic carbocycles. The first kappa shape index (κ1) is 31.5. The predicted octanol–water partition coefficient (Wildman–Crippen LogP) is 6.06. The summed E-state index contributed by atoms with van der Waals surface area (Å²) in [6.07, 6.45) is 3.43. The summed E-state index contributed by atoms with van der Waals surface area (Å²) in [6, 6.07) is 7.35. The van der Waals surface area contributed by atoms with Gasteiger partial charge < -0.3 is 19.4 Å². The number of carbonyl (C=O) groups is 1. The maximum atomic E-state index is 16.6. The summed E-state index contributed by atoms with van der Waals surface area (Å²) < 4.78 is 51.1. The summed E-state index contributed by atoms with van der Waals surface area (Å²) >= 11 is 6.36. The number of carbonyl (C=O) groups excluding carboxylic acids is 1. The van der Waals surface area contributed by atoms with Crippen molar-refractivity contribution in [2.75, 3.05) is 50.8 Å². The van der Waals surface area contributed by atoms with E-state index in [0.717, 1.165) is 25.9 Å². The number of anilines is 1. The van der Waals surface area contributed by atoms with Gasteiger partial charge >= 0.3 is 6.01 Å². The summed E-state index contributed by atoms with van der Waals surface area (Å²) in [5, 5.41) is 1.06. The van der Waals surface area contributed by atoms with Crippen molar-refractivity contribution in [1.29, 1.82) is 0 Å². The van der Waals surface area contributed by atoms with Crippen LogP contribution in [0.5, 0.6) is 6.01 Å². The lowest BCUT2D eigenvalue weighted by Crippen LogP contribution is -2.56. The number of likely N-dealkylation sites (N-methyl/N-ethyl adjacent to an activating group) is 1. The Morgan fingerprint density at radius 1 is 1.17 bits per heavy atom. The Hall–Kier alpha value is -4.47. The van der Waals surface area contributed by atoms with E-state index < -0.39 is 29.4 Å². The molecule has 2 aromatic carbocycles. The Morgan fingerprint density at radius 2 is 2.00 bits per heavy atom. The number of hydrogen-bond donors (Lipinski definition) is 0. The van der Waals surface area contributed by atoms with Crippen LogP contribution in [0, 0.1) is 18.2 Å². The first-order valence-electron chi connectivity index (χ1n) is 15.1. The normalized spacial score (nSPS) is 18.7. The molecule has 1 amide bonds. The average molecular weight is 650 g/mol. The number of aromatic nitrogens is 3. The topological polar surface area (TPSA) is 79.1 Å². The molecule has 2 atom stereocenters. The minimum atomic E-state index is -1.10. The number of rotatable bonds is 8. The van der Waals surface area contributed by atoms with Crippen molar-refractivity contribution in [3.8, 4) is 17.3 Å². The van der Waals surface area contributed by atoms with Crippen LogP contribution in [0.15, 0.2) is 48.9 Å². The van der Waals surface area contributed by atoms with Crippen LogP contribution < -0.4 is 9.64 Å². The van der Waals surface area contributed by atoms with Crippen molar-refractivity contribution in [2.45, 2.75) is 31.8 Å².